The minimum Gasteiger partial charge on any atom is -0.324 e. The van der Waals surface area contributed by atoms with E-state index >= 15 is 0 Å². The van der Waals surface area contributed by atoms with Gasteiger partial charge in [0.05, 0.1) is 6.54 Å². The van der Waals surface area contributed by atoms with E-state index in [-0.39, 0.29) is 0 Å². The fourth-order valence-electron chi connectivity index (χ4n) is 1.83. The van der Waals surface area contributed by atoms with Crippen LogP contribution in [-0.4, -0.2) is 14.8 Å². The molecule has 5 heteroatoms. The lowest BCUT2D eigenvalue weighted by atomic mass is 10.2. The van der Waals surface area contributed by atoms with Crippen molar-refractivity contribution in [2.45, 2.75) is 37.3 Å². The van der Waals surface area contributed by atoms with Crippen LogP contribution in [0.25, 0.3) is 0 Å². The van der Waals surface area contributed by atoms with E-state index in [9.17, 15) is 0 Å². The molecule has 0 bridgehead atoms. The Labute approximate surface area is 112 Å². The molecule has 0 spiro atoms. The summed E-state index contributed by atoms with van der Waals surface area (Å²) in [5.41, 5.74) is 6.94. The number of hydrogen-bond acceptors (Lipinski definition) is 4. The first-order chi connectivity index (χ1) is 8.76. The van der Waals surface area contributed by atoms with Crippen LogP contribution < -0.4 is 5.73 Å². The summed E-state index contributed by atoms with van der Waals surface area (Å²) < 4.78 is 2.07. The van der Waals surface area contributed by atoms with Gasteiger partial charge in [-0.3, -0.25) is 0 Å². The number of thioether (sulfide) groups is 1. The van der Waals surface area contributed by atoms with E-state index in [0.717, 1.165) is 17.5 Å². The molecule has 0 saturated heterocycles. The fourth-order valence-corrected chi connectivity index (χ4v) is 2.88. The maximum Gasteiger partial charge on any atom is 0.191 e. The fraction of sp³-hybridized carbons (Fsp3) is 0.385. The highest BCUT2D eigenvalue weighted by Gasteiger charge is 2.14. The number of benzene rings is 1. The molecular weight excluding hydrogens is 244 g/mol. The van der Waals surface area contributed by atoms with E-state index in [1.807, 2.05) is 6.07 Å². The molecule has 0 amide bonds. The lowest BCUT2D eigenvalue weighted by Crippen LogP contribution is -2.08. The van der Waals surface area contributed by atoms with Gasteiger partial charge in [0, 0.05) is 11.8 Å². The van der Waals surface area contributed by atoms with Crippen molar-refractivity contribution in [3.63, 3.8) is 0 Å². The Morgan fingerprint density at radius 3 is 2.61 bits per heavy atom. The zero-order valence-corrected chi connectivity index (χ0v) is 11.5. The number of hydrogen-bond donors (Lipinski definition) is 1. The SMILES string of the molecule is CCn1c(CN)nnc1SC(C)c1ccccc1. The third kappa shape index (κ3) is 2.73. The highest BCUT2D eigenvalue weighted by atomic mass is 32.2. The van der Waals surface area contributed by atoms with E-state index in [0.29, 0.717) is 11.8 Å². The highest BCUT2D eigenvalue weighted by Crippen LogP contribution is 2.33. The molecule has 18 heavy (non-hydrogen) atoms. The maximum absolute atomic E-state index is 5.65. The van der Waals surface area contributed by atoms with Gasteiger partial charge in [0.25, 0.3) is 0 Å². The van der Waals surface area contributed by atoms with E-state index in [2.05, 4.69) is 52.9 Å². The molecule has 0 aliphatic carbocycles. The second-order valence-corrected chi connectivity index (χ2v) is 5.33. The van der Waals surface area contributed by atoms with Crippen molar-refractivity contribution < 1.29 is 0 Å². The predicted molar refractivity (Wildman–Crippen MR) is 74.3 cm³/mol. The number of nitrogens with zero attached hydrogens (tertiary/aromatic N) is 3. The molecule has 0 aliphatic rings. The van der Waals surface area contributed by atoms with Gasteiger partial charge in [0.1, 0.15) is 5.82 Å². The van der Waals surface area contributed by atoms with Gasteiger partial charge < -0.3 is 10.3 Å². The molecule has 0 radical (unpaired) electrons. The summed E-state index contributed by atoms with van der Waals surface area (Å²) in [6.07, 6.45) is 0. The smallest absolute Gasteiger partial charge is 0.191 e. The Morgan fingerprint density at radius 2 is 2.00 bits per heavy atom. The Balaban J connectivity index is 2.17. The van der Waals surface area contributed by atoms with Crippen LogP contribution in [0, 0.1) is 0 Å². The van der Waals surface area contributed by atoms with Crippen molar-refractivity contribution in [3.05, 3.63) is 41.7 Å². The van der Waals surface area contributed by atoms with Gasteiger partial charge in [0.15, 0.2) is 5.16 Å². The second kappa shape index (κ2) is 6.02. The molecule has 2 aromatic rings. The van der Waals surface area contributed by atoms with E-state index in [1.165, 1.54) is 5.56 Å². The van der Waals surface area contributed by atoms with Crippen LogP contribution >= 0.6 is 11.8 Å². The molecule has 1 aromatic heterocycles. The summed E-state index contributed by atoms with van der Waals surface area (Å²) in [5.74, 6) is 0.847. The average Bonchev–Trinajstić information content (AvgIpc) is 2.81. The summed E-state index contributed by atoms with van der Waals surface area (Å²) in [5, 5.41) is 9.63. The molecule has 1 unspecified atom stereocenters. The predicted octanol–water partition coefficient (Wildman–Crippen LogP) is 2.61. The summed E-state index contributed by atoms with van der Waals surface area (Å²) >= 11 is 1.72. The lowest BCUT2D eigenvalue weighted by molar-refractivity contribution is 0.642. The zero-order chi connectivity index (χ0) is 13.0. The molecular formula is C13H18N4S. The van der Waals surface area contributed by atoms with E-state index in [4.69, 9.17) is 5.73 Å². The van der Waals surface area contributed by atoms with Crippen LogP contribution in [0.2, 0.25) is 0 Å². The monoisotopic (exact) mass is 262 g/mol. The Hall–Kier alpha value is -1.33. The molecule has 0 saturated carbocycles. The highest BCUT2D eigenvalue weighted by molar-refractivity contribution is 7.99. The first-order valence-corrected chi connectivity index (χ1v) is 6.98. The number of aromatic nitrogens is 3. The molecule has 2 rings (SSSR count). The van der Waals surface area contributed by atoms with Gasteiger partial charge in [-0.25, -0.2) is 0 Å². The molecule has 0 fully saturated rings. The van der Waals surface area contributed by atoms with Crippen molar-refractivity contribution in [3.8, 4) is 0 Å². The topological polar surface area (TPSA) is 56.7 Å². The third-order valence-corrected chi connectivity index (χ3v) is 3.98. The Bertz CT molecular complexity index is 495. The van der Waals surface area contributed by atoms with Crippen LogP contribution in [0.3, 0.4) is 0 Å². The van der Waals surface area contributed by atoms with Crippen molar-refractivity contribution in [2.24, 2.45) is 5.73 Å². The third-order valence-electron chi connectivity index (χ3n) is 2.84. The summed E-state index contributed by atoms with van der Waals surface area (Å²) in [7, 11) is 0. The van der Waals surface area contributed by atoms with Crippen LogP contribution in [-0.2, 0) is 13.1 Å². The minimum atomic E-state index is 0.353. The normalized spacial score (nSPS) is 12.6. The first kappa shape index (κ1) is 13.1. The van der Waals surface area contributed by atoms with Gasteiger partial charge in [-0.05, 0) is 19.4 Å². The quantitative estimate of drug-likeness (QED) is 0.842. The molecule has 4 nitrogen and oxygen atoms in total. The van der Waals surface area contributed by atoms with Gasteiger partial charge in [-0.2, -0.15) is 0 Å². The van der Waals surface area contributed by atoms with Crippen LogP contribution in [0.15, 0.2) is 35.5 Å². The van der Waals surface area contributed by atoms with Gasteiger partial charge in [-0.15, -0.1) is 10.2 Å². The van der Waals surface area contributed by atoms with Crippen molar-refractivity contribution in [1.29, 1.82) is 0 Å². The zero-order valence-electron chi connectivity index (χ0n) is 10.7. The van der Waals surface area contributed by atoms with Crippen LogP contribution in [0.1, 0.15) is 30.5 Å². The van der Waals surface area contributed by atoms with Crippen molar-refractivity contribution >= 4 is 11.8 Å². The molecule has 1 atom stereocenters. The number of nitrogens with two attached hydrogens (primary N) is 1. The number of rotatable bonds is 5. The molecule has 2 N–H and O–H groups in total. The van der Waals surface area contributed by atoms with Gasteiger partial charge in [-0.1, -0.05) is 42.1 Å². The molecule has 96 valence electrons. The van der Waals surface area contributed by atoms with Gasteiger partial charge in [0.2, 0.25) is 0 Å². The first-order valence-electron chi connectivity index (χ1n) is 6.10. The molecule has 0 aliphatic heterocycles. The Kier molecular flexibility index (Phi) is 4.38. The summed E-state index contributed by atoms with van der Waals surface area (Å²) in [6.45, 7) is 5.54. The summed E-state index contributed by atoms with van der Waals surface area (Å²) in [4.78, 5) is 0. The minimum absolute atomic E-state index is 0.353. The molecule has 1 heterocycles. The van der Waals surface area contributed by atoms with E-state index in [1.54, 1.807) is 11.8 Å². The van der Waals surface area contributed by atoms with Crippen molar-refractivity contribution in [2.75, 3.05) is 0 Å². The van der Waals surface area contributed by atoms with Crippen LogP contribution in [0.4, 0.5) is 0 Å². The second-order valence-electron chi connectivity index (χ2n) is 4.02. The van der Waals surface area contributed by atoms with Crippen LogP contribution in [0.5, 0.6) is 0 Å². The standard InChI is InChI=1S/C13H18N4S/c1-3-17-12(9-14)15-16-13(17)18-10(2)11-7-5-4-6-8-11/h4-8,10H,3,9,14H2,1-2H3. The van der Waals surface area contributed by atoms with Gasteiger partial charge >= 0.3 is 0 Å². The summed E-state index contributed by atoms with van der Waals surface area (Å²) in [6, 6.07) is 10.4. The largest absolute Gasteiger partial charge is 0.324 e. The lowest BCUT2D eigenvalue weighted by Gasteiger charge is -2.12. The molecule has 1 aromatic carbocycles. The maximum atomic E-state index is 5.65. The van der Waals surface area contributed by atoms with E-state index < -0.39 is 0 Å². The van der Waals surface area contributed by atoms with Crippen molar-refractivity contribution in [1.82, 2.24) is 14.8 Å². The average molecular weight is 262 g/mol. The Morgan fingerprint density at radius 1 is 1.28 bits per heavy atom.